The summed E-state index contributed by atoms with van der Waals surface area (Å²) in [6.07, 6.45) is 1.86. The fraction of sp³-hybridized carbons (Fsp3) is 0.176. The molecule has 4 nitrogen and oxygen atoms in total. The van der Waals surface area contributed by atoms with Gasteiger partial charge in [-0.3, -0.25) is 0 Å². The van der Waals surface area contributed by atoms with Crippen LogP contribution in [0.5, 0.6) is 0 Å². The summed E-state index contributed by atoms with van der Waals surface area (Å²) in [5, 5.41) is 4.42. The predicted molar refractivity (Wildman–Crippen MR) is 86.5 cm³/mol. The van der Waals surface area contributed by atoms with Crippen molar-refractivity contribution >= 4 is 17.3 Å². The highest BCUT2D eigenvalue weighted by molar-refractivity contribution is 7.12. The van der Waals surface area contributed by atoms with Crippen LogP contribution in [0.2, 0.25) is 0 Å². The maximum absolute atomic E-state index is 12.1. The molecule has 2 heterocycles. The number of hydrogen-bond acceptors (Lipinski definition) is 4. The second-order valence-corrected chi connectivity index (χ2v) is 6.45. The van der Waals surface area contributed by atoms with E-state index in [4.69, 9.17) is 4.74 Å². The highest BCUT2D eigenvalue weighted by Gasteiger charge is 2.14. The highest BCUT2D eigenvalue weighted by Crippen LogP contribution is 2.21. The molecular weight excluding hydrogens is 296 g/mol. The van der Waals surface area contributed by atoms with Crippen LogP contribution in [0, 0.1) is 13.8 Å². The summed E-state index contributed by atoms with van der Waals surface area (Å²) in [5.41, 5.74) is 2.34. The molecule has 1 aromatic carbocycles. The minimum atomic E-state index is -0.295. The van der Waals surface area contributed by atoms with E-state index in [1.165, 1.54) is 0 Å². The van der Waals surface area contributed by atoms with Crippen LogP contribution >= 0.6 is 11.3 Å². The lowest BCUT2D eigenvalue weighted by molar-refractivity contribution is 0.0467. The number of carbonyl (C=O) groups is 1. The van der Waals surface area contributed by atoms with Crippen LogP contribution in [0.15, 0.2) is 48.7 Å². The SMILES string of the molecule is Cc1cc(C(=O)OCc2ccn(-c3ccccc3)n2)c(C)s1. The summed E-state index contributed by atoms with van der Waals surface area (Å²) in [6, 6.07) is 13.5. The van der Waals surface area contributed by atoms with Crippen LogP contribution < -0.4 is 0 Å². The Morgan fingerprint density at radius 3 is 2.68 bits per heavy atom. The van der Waals surface area contributed by atoms with Crippen molar-refractivity contribution in [2.75, 3.05) is 0 Å². The lowest BCUT2D eigenvalue weighted by atomic mass is 10.2. The van der Waals surface area contributed by atoms with Crippen LogP contribution in [-0.2, 0) is 11.3 Å². The van der Waals surface area contributed by atoms with E-state index in [-0.39, 0.29) is 12.6 Å². The zero-order valence-corrected chi connectivity index (χ0v) is 13.3. The second kappa shape index (κ2) is 6.15. The monoisotopic (exact) mass is 312 g/mol. The Balaban J connectivity index is 1.66. The van der Waals surface area contributed by atoms with Crippen LogP contribution in [0.3, 0.4) is 0 Å². The molecular formula is C17H16N2O2S. The number of rotatable bonds is 4. The van der Waals surface area contributed by atoms with E-state index >= 15 is 0 Å². The molecule has 0 spiro atoms. The number of nitrogens with zero attached hydrogens (tertiary/aromatic N) is 2. The number of aromatic nitrogens is 2. The van der Waals surface area contributed by atoms with Gasteiger partial charge in [0.25, 0.3) is 0 Å². The molecule has 0 unspecified atom stereocenters. The molecule has 0 aliphatic rings. The van der Waals surface area contributed by atoms with Gasteiger partial charge in [0.15, 0.2) is 0 Å². The van der Waals surface area contributed by atoms with E-state index in [1.807, 2.05) is 62.5 Å². The molecule has 5 heteroatoms. The molecule has 0 aliphatic heterocycles. The Labute approximate surface area is 133 Å². The quantitative estimate of drug-likeness (QED) is 0.686. The molecule has 2 aromatic heterocycles. The molecule has 0 N–H and O–H groups in total. The first kappa shape index (κ1) is 14.5. The van der Waals surface area contributed by atoms with Crippen LogP contribution in [0.25, 0.3) is 5.69 Å². The van der Waals surface area contributed by atoms with E-state index in [1.54, 1.807) is 16.0 Å². The maximum atomic E-state index is 12.1. The van der Waals surface area contributed by atoms with E-state index in [2.05, 4.69) is 5.10 Å². The second-order valence-electron chi connectivity index (χ2n) is 4.99. The summed E-state index contributed by atoms with van der Waals surface area (Å²) in [7, 11) is 0. The van der Waals surface area contributed by atoms with Gasteiger partial charge >= 0.3 is 5.97 Å². The number of hydrogen-bond donors (Lipinski definition) is 0. The van der Waals surface area contributed by atoms with Gasteiger partial charge in [0.05, 0.1) is 11.3 Å². The summed E-state index contributed by atoms with van der Waals surface area (Å²) in [4.78, 5) is 14.2. The van der Waals surface area contributed by atoms with Crippen LogP contribution in [0.4, 0.5) is 0 Å². The molecule has 3 rings (SSSR count). The third-order valence-corrected chi connectivity index (χ3v) is 4.24. The summed E-state index contributed by atoms with van der Waals surface area (Å²) < 4.78 is 7.12. The molecule has 0 bridgehead atoms. The molecule has 0 saturated carbocycles. The molecule has 0 aliphatic carbocycles. The first-order valence-electron chi connectivity index (χ1n) is 6.97. The summed E-state index contributed by atoms with van der Waals surface area (Å²) >= 11 is 1.60. The van der Waals surface area contributed by atoms with E-state index in [0.29, 0.717) is 5.56 Å². The van der Waals surface area contributed by atoms with Crippen LogP contribution in [0.1, 0.15) is 25.8 Å². The standard InChI is InChI=1S/C17H16N2O2S/c1-12-10-16(13(2)22-12)17(20)21-11-14-8-9-19(18-14)15-6-4-3-5-7-15/h3-10H,11H2,1-2H3. The molecule has 0 radical (unpaired) electrons. The maximum Gasteiger partial charge on any atom is 0.339 e. The van der Waals surface area contributed by atoms with Gasteiger partial charge in [-0.25, -0.2) is 9.48 Å². The number of aryl methyl sites for hydroxylation is 2. The molecule has 0 atom stereocenters. The summed E-state index contributed by atoms with van der Waals surface area (Å²) in [5.74, 6) is -0.295. The minimum Gasteiger partial charge on any atom is -0.455 e. The van der Waals surface area contributed by atoms with Crippen molar-refractivity contribution in [2.24, 2.45) is 0 Å². The van der Waals surface area contributed by atoms with Gasteiger partial charge in [-0.2, -0.15) is 5.10 Å². The molecule has 0 saturated heterocycles. The Morgan fingerprint density at radius 1 is 1.23 bits per heavy atom. The average molecular weight is 312 g/mol. The largest absolute Gasteiger partial charge is 0.455 e. The molecule has 0 amide bonds. The van der Waals surface area contributed by atoms with Gasteiger partial charge in [0, 0.05) is 16.0 Å². The fourth-order valence-electron chi connectivity index (χ4n) is 2.21. The first-order chi connectivity index (χ1) is 10.6. The van der Waals surface area contributed by atoms with Gasteiger partial charge in [0.1, 0.15) is 12.3 Å². The molecule has 0 fully saturated rings. The normalized spacial score (nSPS) is 10.6. The number of benzene rings is 1. The van der Waals surface area contributed by atoms with Crippen molar-refractivity contribution in [3.8, 4) is 5.69 Å². The fourth-order valence-corrected chi connectivity index (χ4v) is 3.13. The van der Waals surface area contributed by atoms with Crippen molar-refractivity contribution in [3.05, 3.63) is 69.7 Å². The van der Waals surface area contributed by atoms with Crippen molar-refractivity contribution in [3.63, 3.8) is 0 Å². The third-order valence-electron chi connectivity index (χ3n) is 3.28. The third kappa shape index (κ3) is 3.09. The average Bonchev–Trinajstić information content (AvgIpc) is 3.12. The Kier molecular flexibility index (Phi) is 4.06. The van der Waals surface area contributed by atoms with Crippen molar-refractivity contribution in [1.29, 1.82) is 0 Å². The Morgan fingerprint density at radius 2 is 2.00 bits per heavy atom. The highest BCUT2D eigenvalue weighted by atomic mass is 32.1. The van der Waals surface area contributed by atoms with Gasteiger partial charge in [-0.1, -0.05) is 18.2 Å². The predicted octanol–water partition coefficient (Wildman–Crippen LogP) is 3.91. The molecule has 3 aromatic rings. The minimum absolute atomic E-state index is 0.174. The van der Waals surface area contributed by atoms with Gasteiger partial charge in [-0.15, -0.1) is 11.3 Å². The van der Waals surface area contributed by atoms with Gasteiger partial charge in [0.2, 0.25) is 0 Å². The van der Waals surface area contributed by atoms with E-state index in [0.717, 1.165) is 21.1 Å². The number of carbonyl (C=O) groups excluding carboxylic acids is 1. The van der Waals surface area contributed by atoms with E-state index in [9.17, 15) is 4.79 Å². The first-order valence-corrected chi connectivity index (χ1v) is 7.79. The zero-order chi connectivity index (χ0) is 15.5. The Hall–Kier alpha value is -2.40. The lowest BCUT2D eigenvalue weighted by Gasteiger charge is -2.02. The number of thiophene rings is 1. The number of ether oxygens (including phenoxy) is 1. The topological polar surface area (TPSA) is 44.1 Å². The zero-order valence-electron chi connectivity index (χ0n) is 12.4. The molecule has 22 heavy (non-hydrogen) atoms. The van der Waals surface area contributed by atoms with E-state index < -0.39 is 0 Å². The van der Waals surface area contributed by atoms with Crippen molar-refractivity contribution in [2.45, 2.75) is 20.5 Å². The van der Waals surface area contributed by atoms with Crippen molar-refractivity contribution in [1.82, 2.24) is 9.78 Å². The van der Waals surface area contributed by atoms with Crippen molar-refractivity contribution < 1.29 is 9.53 Å². The Bertz CT molecular complexity index is 790. The lowest BCUT2D eigenvalue weighted by Crippen LogP contribution is -2.06. The number of para-hydroxylation sites is 1. The van der Waals surface area contributed by atoms with Gasteiger partial charge in [-0.05, 0) is 38.1 Å². The smallest absolute Gasteiger partial charge is 0.339 e. The molecule has 112 valence electrons. The van der Waals surface area contributed by atoms with Crippen LogP contribution in [-0.4, -0.2) is 15.7 Å². The number of esters is 1. The van der Waals surface area contributed by atoms with Gasteiger partial charge < -0.3 is 4.74 Å². The summed E-state index contributed by atoms with van der Waals surface area (Å²) in [6.45, 7) is 4.08.